The minimum atomic E-state index is 0.637. The van der Waals surface area contributed by atoms with Crippen LogP contribution in [0.5, 0.6) is 0 Å². The van der Waals surface area contributed by atoms with Gasteiger partial charge in [0.2, 0.25) is 0 Å². The molecule has 1 aromatic heterocycles. The minimum absolute atomic E-state index is 0.637. The third-order valence-electron chi connectivity index (χ3n) is 5.24. The number of para-hydroxylation sites is 1. The van der Waals surface area contributed by atoms with Gasteiger partial charge in [-0.05, 0) is 62.1 Å². The van der Waals surface area contributed by atoms with Crippen molar-refractivity contribution in [1.29, 1.82) is 0 Å². The van der Waals surface area contributed by atoms with Gasteiger partial charge in [0.25, 0.3) is 0 Å². The van der Waals surface area contributed by atoms with Crippen LogP contribution in [0.4, 0.5) is 0 Å². The fraction of sp³-hybridized carbons (Fsp3) is 0.611. The van der Waals surface area contributed by atoms with Crippen molar-refractivity contribution in [1.82, 2.24) is 10.3 Å². The van der Waals surface area contributed by atoms with Gasteiger partial charge >= 0.3 is 0 Å². The Bertz CT molecular complexity index is 577. The molecular weight excluding hydrogens is 276 g/mol. The minimum Gasteiger partial charge on any atom is -0.313 e. The van der Waals surface area contributed by atoms with Crippen LogP contribution in [0.3, 0.4) is 0 Å². The fourth-order valence-electron chi connectivity index (χ4n) is 4.02. The molecule has 21 heavy (non-hydrogen) atoms. The van der Waals surface area contributed by atoms with Crippen molar-refractivity contribution in [3.05, 3.63) is 29.3 Å². The lowest BCUT2D eigenvalue weighted by Crippen LogP contribution is -2.38. The molecule has 4 rings (SSSR count). The maximum atomic E-state index is 4.84. The van der Waals surface area contributed by atoms with Crippen LogP contribution in [0.1, 0.15) is 37.6 Å². The lowest BCUT2D eigenvalue weighted by molar-refractivity contribution is 0.332. The van der Waals surface area contributed by atoms with Gasteiger partial charge in [0, 0.05) is 12.5 Å². The van der Waals surface area contributed by atoms with E-state index in [0.717, 1.165) is 30.7 Å². The smallest absolute Gasteiger partial charge is 0.0954 e. The Kier molecular flexibility index (Phi) is 3.72. The molecule has 2 aliphatic carbocycles. The van der Waals surface area contributed by atoms with Gasteiger partial charge in [-0.3, -0.25) is 0 Å². The summed E-state index contributed by atoms with van der Waals surface area (Å²) in [6, 6.07) is 9.16. The lowest BCUT2D eigenvalue weighted by atomic mass is 9.92. The standard InChI is InChI=1S/C18H24N2S/c1-2-7-19-16(14-9-12-8-13(12)10-14)11-18-20-15-5-3-4-6-17(15)21-18/h3-6,12-14,16,19H,2,7-11H2,1H3. The Balaban J connectivity index is 1.49. The number of hydrogen-bond acceptors (Lipinski definition) is 3. The van der Waals surface area contributed by atoms with Crippen LogP contribution in [-0.2, 0) is 6.42 Å². The summed E-state index contributed by atoms with van der Waals surface area (Å²) >= 11 is 1.88. The summed E-state index contributed by atoms with van der Waals surface area (Å²) in [5.74, 6) is 3.01. The van der Waals surface area contributed by atoms with Crippen molar-refractivity contribution in [2.75, 3.05) is 6.54 Å². The second-order valence-electron chi connectivity index (χ2n) is 6.83. The van der Waals surface area contributed by atoms with Crippen LogP contribution in [0.2, 0.25) is 0 Å². The maximum absolute atomic E-state index is 4.84. The molecule has 3 heteroatoms. The molecule has 112 valence electrons. The summed E-state index contributed by atoms with van der Waals surface area (Å²) in [7, 11) is 0. The van der Waals surface area contributed by atoms with Gasteiger partial charge in [-0.1, -0.05) is 19.1 Å². The molecule has 1 aromatic carbocycles. The summed E-state index contributed by atoms with van der Waals surface area (Å²) in [6.07, 6.45) is 6.76. The first-order chi connectivity index (χ1) is 10.3. The number of nitrogens with zero attached hydrogens (tertiary/aromatic N) is 1. The number of benzene rings is 1. The van der Waals surface area contributed by atoms with Gasteiger partial charge in [-0.25, -0.2) is 4.98 Å². The Labute approximate surface area is 131 Å². The third-order valence-corrected chi connectivity index (χ3v) is 6.30. The zero-order chi connectivity index (χ0) is 14.2. The van der Waals surface area contributed by atoms with E-state index in [1.165, 1.54) is 40.9 Å². The first-order valence-electron chi connectivity index (χ1n) is 8.41. The molecule has 3 atom stereocenters. The molecule has 0 radical (unpaired) electrons. The van der Waals surface area contributed by atoms with Crippen molar-refractivity contribution in [2.45, 2.75) is 45.1 Å². The first-order valence-corrected chi connectivity index (χ1v) is 9.23. The van der Waals surface area contributed by atoms with E-state index < -0.39 is 0 Å². The third kappa shape index (κ3) is 2.86. The topological polar surface area (TPSA) is 24.9 Å². The molecule has 2 saturated carbocycles. The average molecular weight is 300 g/mol. The highest BCUT2D eigenvalue weighted by atomic mass is 32.1. The summed E-state index contributed by atoms with van der Waals surface area (Å²) in [4.78, 5) is 4.84. The average Bonchev–Trinajstić information content (AvgIpc) is 2.95. The molecule has 2 fully saturated rings. The zero-order valence-corrected chi connectivity index (χ0v) is 13.5. The second kappa shape index (κ2) is 5.69. The maximum Gasteiger partial charge on any atom is 0.0954 e. The highest BCUT2D eigenvalue weighted by molar-refractivity contribution is 7.18. The summed E-state index contributed by atoms with van der Waals surface area (Å²) in [6.45, 7) is 3.40. The molecule has 2 nitrogen and oxygen atoms in total. The molecule has 1 N–H and O–H groups in total. The SMILES string of the molecule is CCCNC(Cc1nc2ccccc2s1)C1CC2CC2C1. The predicted octanol–water partition coefficient (Wildman–Crippen LogP) is 4.25. The summed E-state index contributed by atoms with van der Waals surface area (Å²) in [5.41, 5.74) is 1.17. The van der Waals surface area contributed by atoms with E-state index in [9.17, 15) is 0 Å². The molecule has 2 aliphatic rings. The van der Waals surface area contributed by atoms with Crippen LogP contribution >= 0.6 is 11.3 Å². The predicted molar refractivity (Wildman–Crippen MR) is 89.7 cm³/mol. The van der Waals surface area contributed by atoms with E-state index in [1.54, 1.807) is 0 Å². The van der Waals surface area contributed by atoms with Gasteiger partial charge in [0.05, 0.1) is 15.2 Å². The molecule has 3 unspecified atom stereocenters. The molecule has 0 spiro atoms. The molecule has 0 saturated heterocycles. The highest BCUT2D eigenvalue weighted by Gasteiger charge is 2.47. The van der Waals surface area contributed by atoms with E-state index in [4.69, 9.17) is 4.98 Å². The molecule has 0 aliphatic heterocycles. The molecule has 0 amide bonds. The second-order valence-corrected chi connectivity index (χ2v) is 7.94. The van der Waals surface area contributed by atoms with E-state index in [0.29, 0.717) is 6.04 Å². The number of fused-ring (bicyclic) bond motifs is 2. The van der Waals surface area contributed by atoms with Crippen molar-refractivity contribution in [2.24, 2.45) is 17.8 Å². The van der Waals surface area contributed by atoms with Crippen LogP contribution < -0.4 is 5.32 Å². The van der Waals surface area contributed by atoms with Gasteiger partial charge in [-0.15, -0.1) is 11.3 Å². The summed E-state index contributed by atoms with van der Waals surface area (Å²) < 4.78 is 1.33. The highest BCUT2D eigenvalue weighted by Crippen LogP contribution is 2.55. The van der Waals surface area contributed by atoms with Gasteiger partial charge in [0.15, 0.2) is 0 Å². The number of hydrogen-bond donors (Lipinski definition) is 1. The number of nitrogens with one attached hydrogen (secondary N) is 1. The van der Waals surface area contributed by atoms with Crippen molar-refractivity contribution < 1.29 is 0 Å². The van der Waals surface area contributed by atoms with Crippen molar-refractivity contribution in [3.63, 3.8) is 0 Å². The van der Waals surface area contributed by atoms with Gasteiger partial charge in [-0.2, -0.15) is 0 Å². The van der Waals surface area contributed by atoms with E-state index >= 15 is 0 Å². The van der Waals surface area contributed by atoms with Crippen LogP contribution in [0.15, 0.2) is 24.3 Å². The molecule has 0 bridgehead atoms. The van der Waals surface area contributed by atoms with Gasteiger partial charge < -0.3 is 5.32 Å². The normalized spacial score (nSPS) is 28.7. The van der Waals surface area contributed by atoms with E-state index in [2.05, 4.69) is 36.5 Å². The molecule has 1 heterocycles. The van der Waals surface area contributed by atoms with Crippen molar-refractivity contribution >= 4 is 21.6 Å². The lowest BCUT2D eigenvalue weighted by Gasteiger charge is -2.25. The Morgan fingerprint density at radius 3 is 2.81 bits per heavy atom. The quantitative estimate of drug-likeness (QED) is 0.862. The van der Waals surface area contributed by atoms with Crippen LogP contribution in [0.25, 0.3) is 10.2 Å². The van der Waals surface area contributed by atoms with E-state index in [-0.39, 0.29) is 0 Å². The van der Waals surface area contributed by atoms with E-state index in [1.807, 2.05) is 11.3 Å². The monoisotopic (exact) mass is 300 g/mol. The Morgan fingerprint density at radius 1 is 1.24 bits per heavy atom. The zero-order valence-electron chi connectivity index (χ0n) is 12.7. The van der Waals surface area contributed by atoms with Crippen LogP contribution in [0, 0.1) is 17.8 Å². The fourth-order valence-corrected chi connectivity index (χ4v) is 5.05. The largest absolute Gasteiger partial charge is 0.313 e. The number of aromatic nitrogens is 1. The van der Waals surface area contributed by atoms with Crippen molar-refractivity contribution in [3.8, 4) is 0 Å². The number of rotatable bonds is 6. The molecular formula is C18H24N2S. The summed E-state index contributed by atoms with van der Waals surface area (Å²) in [5, 5.41) is 5.12. The van der Waals surface area contributed by atoms with Crippen LogP contribution in [-0.4, -0.2) is 17.6 Å². The number of thiazole rings is 1. The Hall–Kier alpha value is -0.930. The Morgan fingerprint density at radius 2 is 2.05 bits per heavy atom. The molecule has 2 aromatic rings. The first kappa shape index (κ1) is 13.7. The van der Waals surface area contributed by atoms with Gasteiger partial charge in [0.1, 0.15) is 0 Å².